The van der Waals surface area contributed by atoms with Gasteiger partial charge in [-0.15, -0.1) is 0 Å². The Morgan fingerprint density at radius 2 is 1.81 bits per heavy atom. The van der Waals surface area contributed by atoms with E-state index in [-0.39, 0.29) is 11.2 Å². The number of H-pyrrole nitrogens is 2. The summed E-state index contributed by atoms with van der Waals surface area (Å²) in [7, 11) is 0. The van der Waals surface area contributed by atoms with Gasteiger partial charge in [0.25, 0.3) is 5.56 Å². The van der Waals surface area contributed by atoms with Crippen LogP contribution in [-0.2, 0) is 0 Å². The molecule has 0 aliphatic heterocycles. The number of fused-ring (bicyclic) bond motifs is 2. The molecule has 7 nitrogen and oxygen atoms in total. The van der Waals surface area contributed by atoms with Gasteiger partial charge in [-0.3, -0.25) is 14.8 Å². The number of anilines is 1. The lowest BCUT2D eigenvalue weighted by Gasteiger charge is -2.21. The Hall–Kier alpha value is -2.70. The summed E-state index contributed by atoms with van der Waals surface area (Å²) < 4.78 is 0. The minimum Gasteiger partial charge on any atom is -0.372 e. The molecule has 2 N–H and O–H groups in total. The number of nitrogens with zero attached hydrogens (tertiary/aromatic N) is 3. The molecule has 0 fully saturated rings. The van der Waals surface area contributed by atoms with Crippen molar-refractivity contribution in [3.63, 3.8) is 0 Å². The average Bonchev–Trinajstić information content (AvgIpc) is 2.46. The maximum atomic E-state index is 11.7. The third-order valence-electron chi connectivity index (χ3n) is 3.45. The molecule has 0 spiro atoms. The van der Waals surface area contributed by atoms with Gasteiger partial charge in [-0.1, -0.05) is 0 Å². The Morgan fingerprint density at radius 3 is 2.52 bits per heavy atom. The summed E-state index contributed by atoms with van der Waals surface area (Å²) in [5.41, 5.74) is 1.53. The molecule has 21 heavy (non-hydrogen) atoms. The lowest BCUT2D eigenvalue weighted by molar-refractivity contribution is 0.867. The van der Waals surface area contributed by atoms with Crippen LogP contribution in [0.4, 0.5) is 5.69 Å². The van der Waals surface area contributed by atoms with Crippen molar-refractivity contribution in [3.8, 4) is 0 Å². The smallest absolute Gasteiger partial charge is 0.327 e. The zero-order valence-corrected chi connectivity index (χ0v) is 11.8. The minimum atomic E-state index is -0.582. The molecule has 2 heterocycles. The molecule has 0 aliphatic rings. The molecule has 0 unspecified atom stereocenters. The fourth-order valence-corrected chi connectivity index (χ4v) is 2.37. The normalized spacial score (nSPS) is 11.1. The van der Waals surface area contributed by atoms with Crippen LogP contribution in [0.2, 0.25) is 0 Å². The van der Waals surface area contributed by atoms with Crippen molar-refractivity contribution in [1.29, 1.82) is 0 Å². The van der Waals surface area contributed by atoms with Crippen molar-refractivity contribution in [2.75, 3.05) is 18.0 Å². The first kappa shape index (κ1) is 13.3. The molecule has 0 saturated heterocycles. The van der Waals surface area contributed by atoms with Gasteiger partial charge in [0, 0.05) is 18.8 Å². The van der Waals surface area contributed by atoms with E-state index in [1.54, 1.807) is 0 Å². The number of nitrogens with one attached hydrogen (secondary N) is 2. The van der Waals surface area contributed by atoms with Crippen LogP contribution in [0.15, 0.2) is 27.8 Å². The van der Waals surface area contributed by atoms with Crippen LogP contribution in [0.3, 0.4) is 0 Å². The van der Waals surface area contributed by atoms with Crippen LogP contribution in [-0.4, -0.2) is 33.0 Å². The highest BCUT2D eigenvalue weighted by atomic mass is 16.2. The van der Waals surface area contributed by atoms with E-state index in [4.69, 9.17) is 0 Å². The van der Waals surface area contributed by atoms with Gasteiger partial charge in [-0.2, -0.15) is 0 Å². The van der Waals surface area contributed by atoms with Crippen LogP contribution in [0.25, 0.3) is 22.2 Å². The van der Waals surface area contributed by atoms with Crippen molar-refractivity contribution in [1.82, 2.24) is 19.9 Å². The second kappa shape index (κ2) is 5.01. The molecule has 1 aromatic carbocycles. The summed E-state index contributed by atoms with van der Waals surface area (Å²) in [5, 5.41) is 0. The molecule has 3 aromatic rings. The molecular formula is C14H15N5O2. The molecule has 0 amide bonds. The Bertz CT molecular complexity index is 924. The third-order valence-corrected chi connectivity index (χ3v) is 3.45. The van der Waals surface area contributed by atoms with Gasteiger partial charge in [0.05, 0.1) is 11.0 Å². The average molecular weight is 285 g/mol. The van der Waals surface area contributed by atoms with Gasteiger partial charge in [0.2, 0.25) is 0 Å². The van der Waals surface area contributed by atoms with Gasteiger partial charge in [-0.25, -0.2) is 14.8 Å². The van der Waals surface area contributed by atoms with E-state index in [2.05, 4.69) is 38.7 Å². The van der Waals surface area contributed by atoms with E-state index in [1.807, 2.05) is 18.2 Å². The molecule has 0 bridgehead atoms. The Kier molecular flexibility index (Phi) is 3.17. The monoisotopic (exact) mass is 285 g/mol. The molecule has 0 aliphatic carbocycles. The van der Waals surface area contributed by atoms with E-state index < -0.39 is 11.2 Å². The zero-order chi connectivity index (χ0) is 15.0. The molecule has 7 heteroatoms. The lowest BCUT2D eigenvalue weighted by atomic mass is 10.2. The van der Waals surface area contributed by atoms with Crippen molar-refractivity contribution < 1.29 is 0 Å². The predicted octanol–water partition coefficient (Wildman–Crippen LogP) is 1.01. The molecule has 0 atom stereocenters. The second-order valence-corrected chi connectivity index (χ2v) is 4.67. The van der Waals surface area contributed by atoms with E-state index in [0.717, 1.165) is 18.8 Å². The van der Waals surface area contributed by atoms with Gasteiger partial charge in [0.15, 0.2) is 11.2 Å². The summed E-state index contributed by atoms with van der Waals surface area (Å²) in [5.74, 6) is 0. The number of aromatic nitrogens is 4. The first-order valence-corrected chi connectivity index (χ1v) is 6.81. The van der Waals surface area contributed by atoms with Crippen molar-refractivity contribution in [3.05, 3.63) is 39.0 Å². The number of rotatable bonds is 3. The zero-order valence-electron chi connectivity index (χ0n) is 11.8. The predicted molar refractivity (Wildman–Crippen MR) is 81.8 cm³/mol. The van der Waals surface area contributed by atoms with E-state index >= 15 is 0 Å². The molecule has 3 rings (SSSR count). The highest BCUT2D eigenvalue weighted by Crippen LogP contribution is 2.20. The molecule has 108 valence electrons. The SMILES string of the molecule is CCN(CC)c1ccc2nc3c(=O)[nH]c(=O)[nH]c3nc2c1. The second-order valence-electron chi connectivity index (χ2n) is 4.67. The van der Waals surface area contributed by atoms with Crippen LogP contribution in [0.1, 0.15) is 13.8 Å². The van der Waals surface area contributed by atoms with E-state index in [9.17, 15) is 9.59 Å². The first-order chi connectivity index (χ1) is 10.1. The van der Waals surface area contributed by atoms with Crippen LogP contribution in [0, 0.1) is 0 Å². The molecular weight excluding hydrogens is 270 g/mol. The largest absolute Gasteiger partial charge is 0.372 e. The summed E-state index contributed by atoms with van der Waals surface area (Å²) in [6.07, 6.45) is 0. The van der Waals surface area contributed by atoms with Crippen molar-refractivity contribution in [2.24, 2.45) is 0 Å². The minimum absolute atomic E-state index is 0.137. The quantitative estimate of drug-likeness (QED) is 0.700. The molecule has 2 aromatic heterocycles. The van der Waals surface area contributed by atoms with Crippen LogP contribution in [0.5, 0.6) is 0 Å². The van der Waals surface area contributed by atoms with Crippen LogP contribution < -0.4 is 16.1 Å². The Morgan fingerprint density at radius 1 is 1.05 bits per heavy atom. The summed E-state index contributed by atoms with van der Waals surface area (Å²) in [6.45, 7) is 5.94. The lowest BCUT2D eigenvalue weighted by Crippen LogP contribution is -2.23. The maximum Gasteiger partial charge on any atom is 0.327 e. The molecule has 0 saturated carbocycles. The third kappa shape index (κ3) is 2.26. The number of hydrogen-bond acceptors (Lipinski definition) is 5. The highest BCUT2D eigenvalue weighted by Gasteiger charge is 2.09. The van der Waals surface area contributed by atoms with Gasteiger partial charge in [0.1, 0.15) is 0 Å². The fourth-order valence-electron chi connectivity index (χ4n) is 2.37. The topological polar surface area (TPSA) is 94.7 Å². The van der Waals surface area contributed by atoms with Crippen molar-refractivity contribution >= 4 is 27.9 Å². The number of aromatic amines is 2. The van der Waals surface area contributed by atoms with E-state index in [1.165, 1.54) is 0 Å². The first-order valence-electron chi connectivity index (χ1n) is 6.81. The fraction of sp³-hybridized carbons (Fsp3) is 0.286. The van der Waals surface area contributed by atoms with Crippen molar-refractivity contribution in [2.45, 2.75) is 13.8 Å². The Labute approximate surface area is 119 Å². The van der Waals surface area contributed by atoms with Gasteiger partial charge < -0.3 is 4.90 Å². The number of benzene rings is 1. The molecule has 0 radical (unpaired) electrons. The number of hydrogen-bond donors (Lipinski definition) is 2. The standard InChI is InChI=1S/C14H15N5O2/c1-3-19(4-2)8-5-6-9-10(7-8)16-12-11(15-9)13(20)18-14(21)17-12/h5-7H,3-4H2,1-2H3,(H2,16,17,18,20,21). The van der Waals surface area contributed by atoms with Gasteiger partial charge >= 0.3 is 5.69 Å². The maximum absolute atomic E-state index is 11.7. The van der Waals surface area contributed by atoms with Gasteiger partial charge in [-0.05, 0) is 32.0 Å². The highest BCUT2D eigenvalue weighted by molar-refractivity contribution is 5.85. The summed E-state index contributed by atoms with van der Waals surface area (Å²) in [6, 6.07) is 5.70. The summed E-state index contributed by atoms with van der Waals surface area (Å²) in [4.78, 5) is 38.5. The summed E-state index contributed by atoms with van der Waals surface area (Å²) >= 11 is 0. The Balaban J connectivity index is 2.28. The van der Waals surface area contributed by atoms with Crippen LogP contribution >= 0.6 is 0 Å². The van der Waals surface area contributed by atoms with E-state index in [0.29, 0.717) is 11.0 Å².